The van der Waals surface area contributed by atoms with Crippen LogP contribution in [0.15, 0.2) is 54.9 Å². The van der Waals surface area contributed by atoms with E-state index in [9.17, 15) is 9.90 Å². The van der Waals surface area contributed by atoms with Gasteiger partial charge in [0.05, 0.1) is 18.1 Å². The molecule has 1 aromatic carbocycles. The molecule has 1 amide bonds. The van der Waals surface area contributed by atoms with E-state index < -0.39 is 5.60 Å². The summed E-state index contributed by atoms with van der Waals surface area (Å²) >= 11 is 0. The van der Waals surface area contributed by atoms with Gasteiger partial charge in [0.25, 0.3) is 0 Å². The van der Waals surface area contributed by atoms with Gasteiger partial charge >= 0.3 is 0 Å². The lowest BCUT2D eigenvalue weighted by Crippen LogP contribution is -2.39. The number of carbonyl (C=O) groups is 1. The van der Waals surface area contributed by atoms with Crippen LogP contribution in [0, 0.1) is 0 Å². The zero-order valence-corrected chi connectivity index (χ0v) is 14.8. The van der Waals surface area contributed by atoms with Gasteiger partial charge in [0.1, 0.15) is 0 Å². The Kier molecular flexibility index (Phi) is 5.49. The van der Waals surface area contributed by atoms with E-state index in [1.807, 2.05) is 47.4 Å². The molecule has 132 valence electrons. The molecule has 4 nitrogen and oxygen atoms in total. The molecule has 0 aliphatic carbocycles. The molecule has 25 heavy (non-hydrogen) atoms. The third kappa shape index (κ3) is 4.26. The average molecular weight is 338 g/mol. The van der Waals surface area contributed by atoms with Crippen molar-refractivity contribution >= 4 is 5.91 Å². The molecule has 1 N–H and O–H groups in total. The van der Waals surface area contributed by atoms with Gasteiger partial charge in [-0.25, -0.2) is 0 Å². The Balaban J connectivity index is 1.80. The molecule has 1 aromatic heterocycles. The van der Waals surface area contributed by atoms with Crippen LogP contribution in [0.3, 0.4) is 0 Å². The van der Waals surface area contributed by atoms with E-state index >= 15 is 0 Å². The van der Waals surface area contributed by atoms with Gasteiger partial charge in [-0.2, -0.15) is 0 Å². The van der Waals surface area contributed by atoms with Gasteiger partial charge in [0, 0.05) is 18.9 Å². The van der Waals surface area contributed by atoms with Crippen molar-refractivity contribution < 1.29 is 9.90 Å². The Morgan fingerprint density at radius 1 is 1.16 bits per heavy atom. The Morgan fingerprint density at radius 3 is 2.60 bits per heavy atom. The van der Waals surface area contributed by atoms with E-state index in [-0.39, 0.29) is 18.4 Å². The Hall–Kier alpha value is -2.20. The molecule has 4 heteroatoms. The first kappa shape index (κ1) is 17.6. The lowest BCUT2D eigenvalue weighted by Gasteiger charge is -2.33. The molecule has 1 saturated heterocycles. The van der Waals surface area contributed by atoms with Crippen LogP contribution in [-0.4, -0.2) is 27.4 Å². The molecule has 3 rings (SSSR count). The van der Waals surface area contributed by atoms with Gasteiger partial charge in [-0.3, -0.25) is 9.78 Å². The molecule has 2 unspecified atom stereocenters. The molecule has 2 atom stereocenters. The molecule has 2 heterocycles. The average Bonchev–Trinajstić information content (AvgIpc) is 2.89. The molecule has 1 fully saturated rings. The third-order valence-electron chi connectivity index (χ3n) is 5.06. The minimum atomic E-state index is -1.16. The van der Waals surface area contributed by atoms with E-state index in [4.69, 9.17) is 0 Å². The summed E-state index contributed by atoms with van der Waals surface area (Å²) in [6.45, 7) is 2.47. The summed E-state index contributed by atoms with van der Waals surface area (Å²) in [4.78, 5) is 19.1. The van der Waals surface area contributed by atoms with Crippen molar-refractivity contribution in [3.8, 4) is 0 Å². The number of aromatic nitrogens is 1. The van der Waals surface area contributed by atoms with Crippen molar-refractivity contribution in [1.82, 2.24) is 9.88 Å². The van der Waals surface area contributed by atoms with E-state index in [0.717, 1.165) is 43.4 Å². The van der Waals surface area contributed by atoms with E-state index in [0.29, 0.717) is 0 Å². The zero-order valence-electron chi connectivity index (χ0n) is 14.8. The summed E-state index contributed by atoms with van der Waals surface area (Å²) in [5, 5.41) is 10.9. The highest BCUT2D eigenvalue weighted by Crippen LogP contribution is 2.33. The number of nitrogens with zero attached hydrogens (tertiary/aromatic N) is 2. The molecule has 0 radical (unpaired) electrons. The van der Waals surface area contributed by atoms with Gasteiger partial charge < -0.3 is 10.0 Å². The SMILES string of the molecule is CC(O)(CC(=O)N1CCCCCC1c1ccncc1)c1ccccc1. The number of likely N-dealkylation sites (tertiary alicyclic amines) is 1. The van der Waals surface area contributed by atoms with Crippen molar-refractivity contribution in [2.75, 3.05) is 6.54 Å². The lowest BCUT2D eigenvalue weighted by molar-refractivity contribution is -0.138. The summed E-state index contributed by atoms with van der Waals surface area (Å²) in [6, 6.07) is 13.5. The lowest BCUT2D eigenvalue weighted by atomic mass is 9.91. The minimum Gasteiger partial charge on any atom is -0.385 e. The van der Waals surface area contributed by atoms with Crippen molar-refractivity contribution in [3.05, 3.63) is 66.0 Å². The number of carbonyl (C=O) groups excluding carboxylic acids is 1. The maximum absolute atomic E-state index is 13.1. The highest BCUT2D eigenvalue weighted by molar-refractivity contribution is 5.78. The molecule has 2 aromatic rings. The van der Waals surface area contributed by atoms with E-state index in [1.165, 1.54) is 0 Å². The second kappa shape index (κ2) is 7.79. The van der Waals surface area contributed by atoms with Crippen LogP contribution in [0.4, 0.5) is 0 Å². The smallest absolute Gasteiger partial charge is 0.226 e. The number of benzene rings is 1. The molecule has 0 spiro atoms. The van der Waals surface area contributed by atoms with Crippen molar-refractivity contribution in [1.29, 1.82) is 0 Å². The zero-order chi connectivity index (χ0) is 17.7. The first-order chi connectivity index (χ1) is 12.1. The van der Waals surface area contributed by atoms with Crippen LogP contribution >= 0.6 is 0 Å². The topological polar surface area (TPSA) is 53.4 Å². The van der Waals surface area contributed by atoms with Gasteiger partial charge in [0.15, 0.2) is 0 Å². The summed E-state index contributed by atoms with van der Waals surface area (Å²) in [6.07, 6.45) is 7.89. The van der Waals surface area contributed by atoms with Gasteiger partial charge in [0.2, 0.25) is 5.91 Å². The number of pyridine rings is 1. The summed E-state index contributed by atoms with van der Waals surface area (Å²) in [5.74, 6) is 0.0116. The van der Waals surface area contributed by atoms with Crippen molar-refractivity contribution in [3.63, 3.8) is 0 Å². The Morgan fingerprint density at radius 2 is 1.88 bits per heavy atom. The summed E-state index contributed by atoms with van der Waals surface area (Å²) in [7, 11) is 0. The number of amides is 1. The predicted octanol–water partition coefficient (Wildman–Crippen LogP) is 3.82. The maximum Gasteiger partial charge on any atom is 0.226 e. The minimum absolute atomic E-state index is 0.0116. The molecule has 1 aliphatic rings. The second-order valence-electron chi connectivity index (χ2n) is 7.05. The Labute approximate surface area is 149 Å². The van der Waals surface area contributed by atoms with E-state index in [1.54, 1.807) is 19.3 Å². The Bertz CT molecular complexity index is 686. The fourth-order valence-corrected chi connectivity index (χ4v) is 3.63. The summed E-state index contributed by atoms with van der Waals surface area (Å²) < 4.78 is 0. The third-order valence-corrected chi connectivity index (χ3v) is 5.06. The quantitative estimate of drug-likeness (QED) is 0.922. The standard InChI is InChI=1S/C21H26N2O2/c1-21(25,18-8-4-2-5-9-18)16-20(24)23-15-7-3-6-10-19(23)17-11-13-22-14-12-17/h2,4-5,8-9,11-14,19,25H,3,6-7,10,15-16H2,1H3. The highest BCUT2D eigenvalue weighted by Gasteiger charge is 2.33. The second-order valence-corrected chi connectivity index (χ2v) is 7.05. The van der Waals surface area contributed by atoms with Crippen LogP contribution < -0.4 is 0 Å². The van der Waals surface area contributed by atoms with Crippen molar-refractivity contribution in [2.24, 2.45) is 0 Å². The molecular formula is C21H26N2O2. The first-order valence-electron chi connectivity index (χ1n) is 9.05. The number of rotatable bonds is 4. The largest absolute Gasteiger partial charge is 0.385 e. The van der Waals surface area contributed by atoms with Crippen LogP contribution in [0.25, 0.3) is 0 Å². The van der Waals surface area contributed by atoms with Crippen molar-refractivity contribution in [2.45, 2.75) is 50.7 Å². The van der Waals surface area contributed by atoms with Gasteiger partial charge in [-0.15, -0.1) is 0 Å². The molecular weight excluding hydrogens is 312 g/mol. The number of hydrogen-bond acceptors (Lipinski definition) is 3. The van der Waals surface area contributed by atoms with Gasteiger partial charge in [-0.1, -0.05) is 43.2 Å². The predicted molar refractivity (Wildman–Crippen MR) is 97.8 cm³/mol. The molecule has 1 aliphatic heterocycles. The van der Waals surface area contributed by atoms with Crippen LogP contribution in [-0.2, 0) is 10.4 Å². The highest BCUT2D eigenvalue weighted by atomic mass is 16.3. The van der Waals surface area contributed by atoms with Crippen LogP contribution in [0.1, 0.15) is 56.2 Å². The first-order valence-corrected chi connectivity index (χ1v) is 9.05. The monoisotopic (exact) mass is 338 g/mol. The maximum atomic E-state index is 13.1. The van der Waals surface area contributed by atoms with Crippen LogP contribution in [0.2, 0.25) is 0 Å². The molecule has 0 bridgehead atoms. The fourth-order valence-electron chi connectivity index (χ4n) is 3.63. The van der Waals surface area contributed by atoms with E-state index in [2.05, 4.69) is 4.98 Å². The molecule has 0 saturated carbocycles. The van der Waals surface area contributed by atoms with Gasteiger partial charge in [-0.05, 0) is 43.0 Å². The summed E-state index contributed by atoms with van der Waals surface area (Å²) in [5.41, 5.74) is 0.746. The fraction of sp³-hybridized carbons (Fsp3) is 0.429. The van der Waals surface area contributed by atoms with Crippen LogP contribution in [0.5, 0.6) is 0 Å². The number of hydrogen-bond donors (Lipinski definition) is 1. The normalized spacial score (nSPS) is 20.6. The number of aliphatic hydroxyl groups is 1.